The number of methoxy groups -OCH3 is 1. The average Bonchev–Trinajstić information content (AvgIpc) is 3.44. The molecule has 11 heteroatoms. The molecule has 0 fully saturated rings. The quantitative estimate of drug-likeness (QED) is 0.0753. The van der Waals surface area contributed by atoms with Gasteiger partial charge in [0.05, 0.1) is 22.5 Å². The number of carbonyl (C=O) groups is 2. The first kappa shape index (κ1) is 29.6. The number of carbonyl (C=O) groups excluding carboxylic acids is 2. The largest absolute Gasteiger partial charge is 0.506 e. The van der Waals surface area contributed by atoms with E-state index in [0.29, 0.717) is 12.4 Å². The lowest BCUT2D eigenvalue weighted by Gasteiger charge is -2.10. The Hall–Kier alpha value is -4.84. The van der Waals surface area contributed by atoms with Crippen LogP contribution in [-0.2, 0) is 20.9 Å². The molecule has 220 valence electrons. The summed E-state index contributed by atoms with van der Waals surface area (Å²) in [5.41, 5.74) is 3.29. The number of pyridine rings is 1. The molecule has 0 aliphatic heterocycles. The molecule has 0 radical (unpaired) electrons. The lowest BCUT2D eigenvalue weighted by Crippen LogP contribution is -2.21. The van der Waals surface area contributed by atoms with E-state index in [2.05, 4.69) is 45.2 Å². The van der Waals surface area contributed by atoms with E-state index in [1.54, 1.807) is 31.5 Å². The summed E-state index contributed by atoms with van der Waals surface area (Å²) >= 11 is 1.50. The fraction of sp³-hybridized carbons (Fsp3) is 0.156. The van der Waals surface area contributed by atoms with Gasteiger partial charge in [-0.05, 0) is 41.5 Å². The van der Waals surface area contributed by atoms with Gasteiger partial charge in [0.15, 0.2) is 11.6 Å². The van der Waals surface area contributed by atoms with E-state index >= 15 is 4.39 Å². The number of phenols is 1. The van der Waals surface area contributed by atoms with Gasteiger partial charge in [-0.3, -0.25) is 14.6 Å². The first-order valence-electron chi connectivity index (χ1n) is 13.4. The van der Waals surface area contributed by atoms with Gasteiger partial charge < -0.3 is 30.5 Å². The summed E-state index contributed by atoms with van der Waals surface area (Å²) in [6, 6.07) is 22.1. The molecule has 9 nitrogen and oxygen atoms in total. The molecule has 2 aromatic heterocycles. The Morgan fingerprint density at radius 3 is 2.51 bits per heavy atom. The number of anilines is 2. The fourth-order valence-corrected chi connectivity index (χ4v) is 5.31. The molecule has 0 saturated heterocycles. The lowest BCUT2D eigenvalue weighted by molar-refractivity contribution is -0.123. The lowest BCUT2D eigenvalue weighted by atomic mass is 10.1. The van der Waals surface area contributed by atoms with Crippen molar-refractivity contribution < 1.29 is 28.6 Å². The summed E-state index contributed by atoms with van der Waals surface area (Å²) < 4.78 is 26.8. The highest BCUT2D eigenvalue weighted by molar-refractivity contribution is 7.22. The molecule has 0 aliphatic carbocycles. The Morgan fingerprint density at radius 1 is 0.953 bits per heavy atom. The van der Waals surface area contributed by atoms with Crippen LogP contribution in [0.1, 0.15) is 12.0 Å². The molecule has 3 aromatic carbocycles. The molecule has 5 rings (SSSR count). The normalized spacial score (nSPS) is 10.9. The third-order valence-electron chi connectivity index (χ3n) is 6.36. The maximum absolute atomic E-state index is 15.0. The third kappa shape index (κ3) is 7.72. The van der Waals surface area contributed by atoms with Crippen LogP contribution in [0, 0.1) is 5.82 Å². The van der Waals surface area contributed by atoms with Crippen LogP contribution in [-0.4, -0.2) is 42.2 Å². The summed E-state index contributed by atoms with van der Waals surface area (Å²) in [4.78, 5) is 30.0. The van der Waals surface area contributed by atoms with Crippen molar-refractivity contribution in [2.45, 2.75) is 13.0 Å². The summed E-state index contributed by atoms with van der Waals surface area (Å²) in [6.45, 7) is 2.19. The van der Waals surface area contributed by atoms with Gasteiger partial charge in [-0.15, -0.1) is 11.3 Å². The van der Waals surface area contributed by atoms with E-state index in [-0.39, 0.29) is 22.9 Å². The Morgan fingerprint density at radius 2 is 1.74 bits per heavy atom. The second-order valence-electron chi connectivity index (χ2n) is 9.54. The van der Waals surface area contributed by atoms with Crippen molar-refractivity contribution in [2.24, 2.45) is 0 Å². The monoisotopic (exact) mass is 600 g/mol. The minimum absolute atomic E-state index is 0.0249. The average molecular weight is 601 g/mol. The van der Waals surface area contributed by atoms with Gasteiger partial charge >= 0.3 is 0 Å². The van der Waals surface area contributed by atoms with E-state index in [4.69, 9.17) is 9.47 Å². The first-order chi connectivity index (χ1) is 20.9. The Labute approximate surface area is 251 Å². The van der Waals surface area contributed by atoms with Crippen molar-refractivity contribution in [2.75, 3.05) is 30.9 Å². The summed E-state index contributed by atoms with van der Waals surface area (Å²) in [7, 11) is 1.68. The van der Waals surface area contributed by atoms with Crippen LogP contribution in [0.5, 0.6) is 17.2 Å². The number of fused-ring (bicyclic) bond motifs is 1. The SMILES string of the molecule is COCCNCc1ccc(-c2cc3nccc(Oc4ccc(NC(=O)CC(=O)Nc5ccccc5O)cc4F)c3s2)cc1. The highest BCUT2D eigenvalue weighted by Crippen LogP contribution is 2.39. The molecule has 4 N–H and O–H groups in total. The van der Waals surface area contributed by atoms with Crippen molar-refractivity contribution in [3.8, 4) is 27.7 Å². The van der Waals surface area contributed by atoms with Gasteiger partial charge in [-0.2, -0.15) is 0 Å². The molecule has 5 aromatic rings. The number of hydrogen-bond donors (Lipinski definition) is 4. The number of hydrogen-bond acceptors (Lipinski definition) is 8. The highest BCUT2D eigenvalue weighted by Gasteiger charge is 2.15. The maximum Gasteiger partial charge on any atom is 0.233 e. The van der Waals surface area contributed by atoms with Crippen LogP contribution in [0.4, 0.5) is 15.8 Å². The number of amides is 2. The third-order valence-corrected chi connectivity index (χ3v) is 7.55. The van der Waals surface area contributed by atoms with Gasteiger partial charge in [-0.1, -0.05) is 36.4 Å². The zero-order chi connectivity index (χ0) is 30.2. The summed E-state index contributed by atoms with van der Waals surface area (Å²) in [5.74, 6) is -1.64. The van der Waals surface area contributed by atoms with E-state index in [9.17, 15) is 14.7 Å². The van der Waals surface area contributed by atoms with Gasteiger partial charge in [-0.25, -0.2) is 4.39 Å². The number of phenolic OH excluding ortho intramolecular Hbond substituents is 1. The van der Waals surface area contributed by atoms with E-state index in [0.717, 1.165) is 45.4 Å². The first-order valence-corrected chi connectivity index (χ1v) is 14.2. The maximum atomic E-state index is 15.0. The van der Waals surface area contributed by atoms with Crippen LogP contribution in [0.25, 0.3) is 20.7 Å². The number of aromatic nitrogens is 1. The van der Waals surface area contributed by atoms with Gasteiger partial charge in [0.2, 0.25) is 11.8 Å². The Kier molecular flexibility index (Phi) is 9.57. The number of aromatic hydroxyl groups is 1. The number of ether oxygens (including phenoxy) is 2. The number of benzene rings is 3. The molecule has 2 amide bonds. The van der Waals surface area contributed by atoms with Gasteiger partial charge in [0.1, 0.15) is 17.9 Å². The standard InChI is InChI=1S/C32H29FN4O5S/c1-41-15-14-34-19-20-6-8-21(9-7-20)29-17-25-32(43-29)28(12-13-35-25)42-27-11-10-22(16-23(27)33)36-30(39)18-31(40)37-24-4-2-3-5-26(24)38/h2-13,16-17,34,38H,14-15,18-19H2,1H3,(H,36,39)(H,37,40). The number of para-hydroxylation sites is 2. The second kappa shape index (κ2) is 13.9. The highest BCUT2D eigenvalue weighted by atomic mass is 32.1. The predicted octanol–water partition coefficient (Wildman–Crippen LogP) is 6.30. The molecule has 0 spiro atoms. The smallest absolute Gasteiger partial charge is 0.233 e. The van der Waals surface area contributed by atoms with Crippen LogP contribution < -0.4 is 20.7 Å². The molecule has 2 heterocycles. The number of nitrogens with zero attached hydrogens (tertiary/aromatic N) is 1. The molecule has 0 bridgehead atoms. The van der Waals surface area contributed by atoms with E-state index in [1.165, 1.54) is 35.6 Å². The topological polar surface area (TPSA) is 122 Å². The summed E-state index contributed by atoms with van der Waals surface area (Å²) in [6.07, 6.45) is 1.09. The van der Waals surface area contributed by atoms with Crippen LogP contribution >= 0.6 is 11.3 Å². The van der Waals surface area contributed by atoms with Crippen LogP contribution in [0.15, 0.2) is 85.1 Å². The van der Waals surface area contributed by atoms with Gasteiger partial charge in [0, 0.05) is 49.1 Å². The Bertz CT molecular complexity index is 1740. The predicted molar refractivity (Wildman–Crippen MR) is 165 cm³/mol. The molecule has 0 aliphatic rings. The second-order valence-corrected chi connectivity index (χ2v) is 10.6. The van der Waals surface area contributed by atoms with Crippen molar-refractivity contribution in [3.63, 3.8) is 0 Å². The summed E-state index contributed by atoms with van der Waals surface area (Å²) in [5, 5.41) is 18.1. The minimum Gasteiger partial charge on any atom is -0.506 e. The van der Waals surface area contributed by atoms with Crippen molar-refractivity contribution in [1.82, 2.24) is 10.3 Å². The molecular formula is C32H29FN4O5S. The molecule has 0 unspecified atom stereocenters. The van der Waals surface area contributed by atoms with E-state index < -0.39 is 24.1 Å². The Balaban J connectivity index is 1.22. The number of thiophene rings is 1. The zero-order valence-corrected chi connectivity index (χ0v) is 24.0. The molecule has 0 atom stereocenters. The van der Waals surface area contributed by atoms with Crippen LogP contribution in [0.3, 0.4) is 0 Å². The number of nitrogens with one attached hydrogen (secondary N) is 3. The molecular weight excluding hydrogens is 571 g/mol. The minimum atomic E-state index is -0.687. The van der Waals surface area contributed by atoms with Crippen molar-refractivity contribution in [3.05, 3.63) is 96.4 Å². The van der Waals surface area contributed by atoms with E-state index in [1.807, 2.05) is 6.07 Å². The van der Waals surface area contributed by atoms with Gasteiger partial charge in [0.25, 0.3) is 0 Å². The van der Waals surface area contributed by atoms with Crippen molar-refractivity contribution >= 4 is 44.7 Å². The number of rotatable bonds is 12. The van der Waals surface area contributed by atoms with Crippen molar-refractivity contribution in [1.29, 1.82) is 0 Å². The fourth-order valence-electron chi connectivity index (χ4n) is 4.24. The van der Waals surface area contributed by atoms with Crippen LogP contribution in [0.2, 0.25) is 0 Å². The molecule has 43 heavy (non-hydrogen) atoms. The molecule has 0 saturated carbocycles. The number of halogens is 1. The zero-order valence-electron chi connectivity index (χ0n) is 23.2.